The minimum atomic E-state index is -0.305. The molecular weight excluding hydrogens is 350 g/mol. The average molecular weight is 382 g/mol. The molecule has 0 spiro atoms. The van der Waals surface area contributed by atoms with Crippen molar-refractivity contribution in [3.8, 4) is 0 Å². The van der Waals surface area contributed by atoms with Crippen molar-refractivity contribution in [1.82, 2.24) is 15.1 Å². The number of aliphatic hydroxyl groups is 1. The molecule has 4 saturated carbocycles. The van der Waals surface area contributed by atoms with Crippen LogP contribution in [0.4, 0.5) is 0 Å². The Hall–Kier alpha value is -1.88. The van der Waals surface area contributed by atoms with Crippen molar-refractivity contribution in [3.05, 3.63) is 30.0 Å². The molecule has 1 heterocycles. The predicted molar refractivity (Wildman–Crippen MR) is 109 cm³/mol. The first-order valence-electron chi connectivity index (χ1n) is 11.0. The van der Waals surface area contributed by atoms with Gasteiger partial charge in [-0.1, -0.05) is 18.2 Å². The number of aromatic nitrogens is 2. The van der Waals surface area contributed by atoms with E-state index in [1.165, 1.54) is 19.3 Å². The van der Waals surface area contributed by atoms with Crippen LogP contribution < -0.4 is 5.32 Å². The van der Waals surface area contributed by atoms with E-state index in [0.29, 0.717) is 5.69 Å². The van der Waals surface area contributed by atoms with Crippen molar-refractivity contribution in [1.29, 1.82) is 0 Å². The Labute approximate surface area is 166 Å². The van der Waals surface area contributed by atoms with E-state index in [-0.39, 0.29) is 17.6 Å². The molecule has 0 saturated heterocycles. The number of carbonyl (C=O) groups is 1. The van der Waals surface area contributed by atoms with Gasteiger partial charge < -0.3 is 10.4 Å². The average Bonchev–Trinajstić information content (AvgIpc) is 2.99. The zero-order chi connectivity index (χ0) is 19.3. The molecule has 0 unspecified atom stereocenters. The second-order valence-electron chi connectivity index (χ2n) is 9.73. The molecule has 6 rings (SSSR count). The molecule has 0 aliphatic heterocycles. The van der Waals surface area contributed by atoms with Crippen LogP contribution in [0.1, 0.15) is 68.8 Å². The van der Waals surface area contributed by atoms with Gasteiger partial charge in [0.15, 0.2) is 5.69 Å². The number of aliphatic hydroxyl groups excluding tert-OH is 1. The Balaban J connectivity index is 1.39. The topological polar surface area (TPSA) is 67.1 Å². The van der Waals surface area contributed by atoms with Crippen molar-refractivity contribution < 1.29 is 9.90 Å². The highest BCUT2D eigenvalue weighted by Gasteiger charge is 2.51. The number of benzene rings is 1. The number of hydrogen-bond donors (Lipinski definition) is 2. The molecule has 4 bridgehead atoms. The van der Waals surface area contributed by atoms with Gasteiger partial charge in [0, 0.05) is 17.5 Å². The lowest BCUT2D eigenvalue weighted by Crippen LogP contribution is -2.59. The van der Waals surface area contributed by atoms with Gasteiger partial charge in [-0.2, -0.15) is 5.10 Å². The second kappa shape index (κ2) is 6.87. The van der Waals surface area contributed by atoms with Crippen molar-refractivity contribution >= 4 is 16.8 Å². The fraction of sp³-hybridized carbons (Fsp3) is 0.652. The first-order chi connectivity index (χ1) is 13.5. The van der Waals surface area contributed by atoms with Gasteiger partial charge in [0.2, 0.25) is 0 Å². The van der Waals surface area contributed by atoms with Crippen LogP contribution in [-0.2, 0) is 6.54 Å². The Morgan fingerprint density at radius 3 is 2.50 bits per heavy atom. The van der Waals surface area contributed by atoms with Gasteiger partial charge in [-0.25, -0.2) is 0 Å². The fourth-order valence-corrected chi connectivity index (χ4v) is 6.57. The molecular formula is C23H31N3O2. The largest absolute Gasteiger partial charge is 0.393 e. The molecule has 4 aliphatic carbocycles. The van der Waals surface area contributed by atoms with Gasteiger partial charge in [0.1, 0.15) is 0 Å². The third kappa shape index (κ3) is 3.24. The summed E-state index contributed by atoms with van der Waals surface area (Å²) in [5.41, 5.74) is 1.57. The summed E-state index contributed by atoms with van der Waals surface area (Å²) in [6.07, 6.45) is 8.85. The summed E-state index contributed by atoms with van der Waals surface area (Å²) in [5.74, 6) is 2.41. The molecule has 28 heavy (non-hydrogen) atoms. The van der Waals surface area contributed by atoms with Crippen molar-refractivity contribution in [3.63, 3.8) is 0 Å². The Bertz CT molecular complexity index is 850. The monoisotopic (exact) mass is 381 g/mol. The standard InChI is InChI=1S/C23H31N3O2/c1-15(27)5-4-8-26-20-7-3-2-6-19(20)21(25-26)22(28)24-23-12-16-9-17(13-23)11-18(10-16)14-23/h2-3,6-7,15-18,27H,4-5,8-14H2,1H3,(H,24,28)/t15-,16?,17?,18?,23?/m1/s1. The maximum absolute atomic E-state index is 13.3. The van der Waals surface area contributed by atoms with Crippen molar-refractivity contribution in [2.24, 2.45) is 17.8 Å². The van der Waals surface area contributed by atoms with Gasteiger partial charge in [-0.05, 0) is 82.1 Å². The van der Waals surface area contributed by atoms with Crippen LogP contribution in [0.5, 0.6) is 0 Å². The minimum Gasteiger partial charge on any atom is -0.393 e. The minimum absolute atomic E-state index is 0.00301. The van der Waals surface area contributed by atoms with E-state index in [0.717, 1.165) is 67.3 Å². The number of hydrogen-bond acceptors (Lipinski definition) is 3. The predicted octanol–water partition coefficient (Wildman–Crippen LogP) is 3.90. The smallest absolute Gasteiger partial charge is 0.272 e. The van der Waals surface area contributed by atoms with Crippen LogP contribution in [0.2, 0.25) is 0 Å². The molecule has 2 aromatic rings. The Morgan fingerprint density at radius 2 is 1.86 bits per heavy atom. The zero-order valence-corrected chi connectivity index (χ0v) is 16.7. The highest BCUT2D eigenvalue weighted by molar-refractivity contribution is 6.05. The summed E-state index contributed by atoms with van der Waals surface area (Å²) in [5, 5.41) is 18.6. The van der Waals surface area contributed by atoms with Gasteiger partial charge >= 0.3 is 0 Å². The van der Waals surface area contributed by atoms with Gasteiger partial charge in [-0.15, -0.1) is 0 Å². The molecule has 5 heteroatoms. The van der Waals surface area contributed by atoms with Crippen LogP contribution in [0.15, 0.2) is 24.3 Å². The van der Waals surface area contributed by atoms with Crippen molar-refractivity contribution in [2.75, 3.05) is 0 Å². The van der Waals surface area contributed by atoms with E-state index in [1.807, 2.05) is 35.9 Å². The first-order valence-corrected chi connectivity index (χ1v) is 11.0. The Kier molecular flexibility index (Phi) is 4.46. The molecule has 4 fully saturated rings. The van der Waals surface area contributed by atoms with E-state index >= 15 is 0 Å². The SMILES string of the molecule is C[C@@H](O)CCCn1nc(C(=O)NC23CC4CC(CC(C4)C2)C3)c2ccccc21. The summed E-state index contributed by atoms with van der Waals surface area (Å²) >= 11 is 0. The number of amides is 1. The molecule has 1 aromatic heterocycles. The van der Waals surface area contributed by atoms with Crippen LogP contribution in [-0.4, -0.2) is 32.4 Å². The number of aryl methyl sites for hydroxylation is 1. The fourth-order valence-electron chi connectivity index (χ4n) is 6.57. The molecule has 1 aromatic carbocycles. The number of fused-ring (bicyclic) bond motifs is 1. The van der Waals surface area contributed by atoms with E-state index in [2.05, 4.69) is 5.32 Å². The van der Waals surface area contributed by atoms with Gasteiger partial charge in [-0.3, -0.25) is 9.48 Å². The van der Waals surface area contributed by atoms with E-state index < -0.39 is 0 Å². The molecule has 0 radical (unpaired) electrons. The normalized spacial score (nSPS) is 32.0. The lowest BCUT2D eigenvalue weighted by molar-refractivity contribution is -0.0167. The second-order valence-corrected chi connectivity index (χ2v) is 9.73. The quantitative estimate of drug-likeness (QED) is 0.798. The lowest BCUT2D eigenvalue weighted by atomic mass is 9.53. The zero-order valence-electron chi connectivity index (χ0n) is 16.7. The van der Waals surface area contributed by atoms with E-state index in [4.69, 9.17) is 5.10 Å². The Morgan fingerprint density at radius 1 is 1.21 bits per heavy atom. The maximum Gasteiger partial charge on any atom is 0.272 e. The van der Waals surface area contributed by atoms with Crippen LogP contribution in [0.25, 0.3) is 10.9 Å². The van der Waals surface area contributed by atoms with Gasteiger partial charge in [0.05, 0.1) is 11.6 Å². The molecule has 4 aliphatic rings. The van der Waals surface area contributed by atoms with Gasteiger partial charge in [0.25, 0.3) is 5.91 Å². The molecule has 1 amide bonds. The van der Waals surface area contributed by atoms with Crippen molar-refractivity contribution in [2.45, 2.75) is 76.5 Å². The highest BCUT2D eigenvalue weighted by atomic mass is 16.3. The van der Waals surface area contributed by atoms with E-state index in [9.17, 15) is 9.90 Å². The van der Waals surface area contributed by atoms with Crippen LogP contribution in [0, 0.1) is 17.8 Å². The summed E-state index contributed by atoms with van der Waals surface area (Å²) < 4.78 is 1.94. The van der Waals surface area contributed by atoms with Crippen LogP contribution >= 0.6 is 0 Å². The number of para-hydroxylation sites is 1. The maximum atomic E-state index is 13.3. The summed E-state index contributed by atoms with van der Waals surface area (Å²) in [7, 11) is 0. The summed E-state index contributed by atoms with van der Waals surface area (Å²) in [4.78, 5) is 13.3. The molecule has 1 atom stereocenters. The first kappa shape index (κ1) is 18.2. The number of carbonyl (C=O) groups excluding carboxylic acids is 1. The third-order valence-electron chi connectivity index (χ3n) is 7.28. The third-order valence-corrected chi connectivity index (χ3v) is 7.28. The number of rotatable bonds is 6. The molecule has 150 valence electrons. The summed E-state index contributed by atoms with van der Waals surface area (Å²) in [6.45, 7) is 2.53. The summed E-state index contributed by atoms with van der Waals surface area (Å²) in [6, 6.07) is 8.01. The number of nitrogens with zero attached hydrogens (tertiary/aromatic N) is 2. The van der Waals surface area contributed by atoms with Crippen LogP contribution in [0.3, 0.4) is 0 Å². The molecule has 2 N–H and O–H groups in total. The highest BCUT2D eigenvalue weighted by Crippen LogP contribution is 2.55. The van der Waals surface area contributed by atoms with E-state index in [1.54, 1.807) is 0 Å². The molecule has 5 nitrogen and oxygen atoms in total. The lowest BCUT2D eigenvalue weighted by Gasteiger charge is -2.56. The number of nitrogens with one attached hydrogen (secondary N) is 1.